The van der Waals surface area contributed by atoms with Gasteiger partial charge in [-0.05, 0) is 55.2 Å². The Morgan fingerprint density at radius 1 is 1.18 bits per heavy atom. The van der Waals surface area contributed by atoms with Crippen LogP contribution in [-0.2, 0) is 16.4 Å². The van der Waals surface area contributed by atoms with Gasteiger partial charge in [-0.2, -0.15) is 4.31 Å². The summed E-state index contributed by atoms with van der Waals surface area (Å²) in [6.07, 6.45) is 1.93. The van der Waals surface area contributed by atoms with Gasteiger partial charge in [0.2, 0.25) is 10.0 Å². The van der Waals surface area contributed by atoms with Crippen molar-refractivity contribution in [2.75, 3.05) is 26.8 Å². The van der Waals surface area contributed by atoms with Crippen molar-refractivity contribution in [1.82, 2.24) is 4.31 Å². The number of hydrogen-bond acceptors (Lipinski definition) is 4. The fraction of sp³-hybridized carbons (Fsp3) is 0.400. The SMILES string of the molecule is COc1ccc(Cl)cc1S(=O)(=O)N1CCC[C@](CO)(Cc2cccc(Cl)c2)C1. The highest BCUT2D eigenvalue weighted by molar-refractivity contribution is 7.89. The van der Waals surface area contributed by atoms with Crippen molar-refractivity contribution in [2.45, 2.75) is 24.2 Å². The summed E-state index contributed by atoms with van der Waals surface area (Å²) in [6, 6.07) is 12.0. The number of aliphatic hydroxyl groups is 1. The summed E-state index contributed by atoms with van der Waals surface area (Å²) in [5.41, 5.74) is 0.406. The van der Waals surface area contributed by atoms with E-state index in [9.17, 15) is 13.5 Å². The predicted molar refractivity (Wildman–Crippen MR) is 111 cm³/mol. The lowest BCUT2D eigenvalue weighted by Crippen LogP contribution is -2.48. The quantitative estimate of drug-likeness (QED) is 0.731. The van der Waals surface area contributed by atoms with Crippen LogP contribution >= 0.6 is 23.2 Å². The predicted octanol–water partition coefficient (Wildman–Crippen LogP) is 4.01. The molecule has 1 N–H and O–H groups in total. The molecule has 0 saturated carbocycles. The summed E-state index contributed by atoms with van der Waals surface area (Å²) < 4.78 is 33.3. The van der Waals surface area contributed by atoms with E-state index in [0.29, 0.717) is 29.4 Å². The van der Waals surface area contributed by atoms with Gasteiger partial charge in [-0.15, -0.1) is 0 Å². The van der Waals surface area contributed by atoms with E-state index in [2.05, 4.69) is 0 Å². The van der Waals surface area contributed by atoms with Crippen LogP contribution in [0.2, 0.25) is 10.0 Å². The molecule has 3 rings (SSSR count). The number of sulfonamides is 1. The normalized spacial score (nSPS) is 20.9. The highest BCUT2D eigenvalue weighted by Gasteiger charge is 2.40. The maximum absolute atomic E-state index is 13.3. The van der Waals surface area contributed by atoms with Crippen molar-refractivity contribution in [3.8, 4) is 5.75 Å². The largest absolute Gasteiger partial charge is 0.495 e. The molecule has 0 amide bonds. The van der Waals surface area contributed by atoms with Crippen LogP contribution in [0.5, 0.6) is 5.75 Å². The first-order valence-electron chi connectivity index (χ1n) is 8.99. The van der Waals surface area contributed by atoms with Gasteiger partial charge in [0.15, 0.2) is 0 Å². The molecule has 1 fully saturated rings. The van der Waals surface area contributed by atoms with E-state index in [1.165, 1.54) is 17.5 Å². The molecule has 1 aliphatic heterocycles. The van der Waals surface area contributed by atoms with Gasteiger partial charge in [0.1, 0.15) is 10.6 Å². The number of hydrogen-bond donors (Lipinski definition) is 1. The fourth-order valence-electron chi connectivity index (χ4n) is 3.77. The third-order valence-electron chi connectivity index (χ3n) is 5.17. The van der Waals surface area contributed by atoms with Crippen molar-refractivity contribution in [1.29, 1.82) is 0 Å². The smallest absolute Gasteiger partial charge is 0.246 e. The molecule has 0 radical (unpaired) electrons. The van der Waals surface area contributed by atoms with Crippen LogP contribution in [0.4, 0.5) is 0 Å². The van der Waals surface area contributed by atoms with Gasteiger partial charge in [-0.25, -0.2) is 8.42 Å². The minimum absolute atomic E-state index is 0.0407. The van der Waals surface area contributed by atoms with E-state index in [4.69, 9.17) is 27.9 Å². The number of piperidine rings is 1. The number of benzene rings is 2. The summed E-state index contributed by atoms with van der Waals surface area (Å²) in [5.74, 6) is 0.249. The Balaban J connectivity index is 1.92. The zero-order chi connectivity index (χ0) is 20.4. The molecule has 0 aliphatic carbocycles. The topological polar surface area (TPSA) is 66.8 Å². The van der Waals surface area contributed by atoms with Crippen LogP contribution in [0.1, 0.15) is 18.4 Å². The molecule has 0 unspecified atom stereocenters. The number of aliphatic hydroxyl groups excluding tert-OH is 1. The molecule has 2 aromatic rings. The lowest BCUT2D eigenvalue weighted by Gasteiger charge is -2.41. The Labute approximate surface area is 175 Å². The van der Waals surface area contributed by atoms with Gasteiger partial charge in [0.25, 0.3) is 0 Å². The summed E-state index contributed by atoms with van der Waals surface area (Å²) in [4.78, 5) is 0.0407. The zero-order valence-corrected chi connectivity index (χ0v) is 17.9. The maximum Gasteiger partial charge on any atom is 0.246 e. The van der Waals surface area contributed by atoms with Gasteiger partial charge < -0.3 is 9.84 Å². The molecule has 1 heterocycles. The molecule has 1 aliphatic rings. The van der Waals surface area contributed by atoms with E-state index in [1.807, 2.05) is 18.2 Å². The lowest BCUT2D eigenvalue weighted by molar-refractivity contribution is 0.0644. The van der Waals surface area contributed by atoms with Crippen molar-refractivity contribution in [2.24, 2.45) is 5.41 Å². The summed E-state index contributed by atoms with van der Waals surface area (Å²) in [7, 11) is -2.40. The van der Waals surface area contributed by atoms with E-state index in [0.717, 1.165) is 12.0 Å². The molecule has 8 heteroatoms. The van der Waals surface area contributed by atoms with E-state index in [1.54, 1.807) is 18.2 Å². The number of halogens is 2. The molecule has 0 bridgehead atoms. The zero-order valence-electron chi connectivity index (χ0n) is 15.6. The molecular weight excluding hydrogens is 421 g/mol. The van der Waals surface area contributed by atoms with E-state index in [-0.39, 0.29) is 23.8 Å². The first kappa shape index (κ1) is 21.4. The Bertz CT molecular complexity index is 951. The Morgan fingerprint density at radius 2 is 1.93 bits per heavy atom. The second kappa shape index (κ2) is 8.59. The van der Waals surface area contributed by atoms with Crippen LogP contribution in [-0.4, -0.2) is 44.6 Å². The van der Waals surface area contributed by atoms with Crippen LogP contribution in [0.15, 0.2) is 47.4 Å². The van der Waals surface area contributed by atoms with Crippen molar-refractivity contribution < 1.29 is 18.3 Å². The molecule has 28 heavy (non-hydrogen) atoms. The average Bonchev–Trinajstić information content (AvgIpc) is 2.68. The van der Waals surface area contributed by atoms with Crippen molar-refractivity contribution in [3.05, 3.63) is 58.1 Å². The number of nitrogens with zero attached hydrogens (tertiary/aromatic N) is 1. The summed E-state index contributed by atoms with van der Waals surface area (Å²) in [5, 5.41) is 11.1. The number of ether oxygens (including phenoxy) is 1. The molecule has 0 aromatic heterocycles. The Morgan fingerprint density at radius 3 is 2.61 bits per heavy atom. The first-order chi connectivity index (χ1) is 13.3. The third-order valence-corrected chi connectivity index (χ3v) is 7.51. The Hall–Kier alpha value is -1.31. The molecule has 2 aromatic carbocycles. The van der Waals surface area contributed by atoms with Crippen LogP contribution in [0, 0.1) is 5.41 Å². The second-order valence-corrected chi connectivity index (χ2v) is 9.98. The van der Waals surface area contributed by atoms with Crippen molar-refractivity contribution in [3.63, 3.8) is 0 Å². The summed E-state index contributed by atoms with van der Waals surface area (Å²) >= 11 is 12.1. The molecule has 1 atom stereocenters. The van der Waals surface area contributed by atoms with Gasteiger partial charge in [-0.3, -0.25) is 0 Å². The van der Waals surface area contributed by atoms with Gasteiger partial charge >= 0.3 is 0 Å². The van der Waals surface area contributed by atoms with Crippen LogP contribution in [0.25, 0.3) is 0 Å². The highest BCUT2D eigenvalue weighted by Crippen LogP contribution is 2.38. The molecule has 152 valence electrons. The maximum atomic E-state index is 13.3. The van der Waals surface area contributed by atoms with E-state index >= 15 is 0 Å². The second-order valence-electron chi connectivity index (χ2n) is 7.20. The minimum atomic E-state index is -3.82. The first-order valence-corrected chi connectivity index (χ1v) is 11.2. The third kappa shape index (κ3) is 4.47. The molecule has 1 saturated heterocycles. The van der Waals surface area contributed by atoms with Crippen LogP contribution < -0.4 is 4.74 Å². The standard InChI is InChI=1S/C20H23Cl2NO4S/c1-27-18-7-6-17(22)11-19(18)28(25,26)23-9-3-8-20(13-23,14-24)12-15-4-2-5-16(21)10-15/h2,4-7,10-11,24H,3,8-9,12-14H2,1H3/t20-/m0/s1. The molecular formula is C20H23Cl2NO4S. The van der Waals surface area contributed by atoms with Crippen LogP contribution in [0.3, 0.4) is 0 Å². The van der Waals surface area contributed by atoms with E-state index < -0.39 is 15.4 Å². The average molecular weight is 444 g/mol. The Kier molecular flexibility index (Phi) is 6.57. The van der Waals surface area contributed by atoms with Crippen molar-refractivity contribution >= 4 is 33.2 Å². The fourth-order valence-corrected chi connectivity index (χ4v) is 5.99. The van der Waals surface area contributed by atoms with Gasteiger partial charge in [0, 0.05) is 28.5 Å². The summed E-state index contributed by atoms with van der Waals surface area (Å²) in [6.45, 7) is 0.488. The minimum Gasteiger partial charge on any atom is -0.495 e. The lowest BCUT2D eigenvalue weighted by atomic mass is 9.76. The van der Waals surface area contributed by atoms with Gasteiger partial charge in [0.05, 0.1) is 13.7 Å². The monoisotopic (exact) mass is 443 g/mol. The highest BCUT2D eigenvalue weighted by atomic mass is 35.5. The molecule has 0 spiro atoms. The number of rotatable bonds is 6. The number of methoxy groups -OCH3 is 1. The van der Waals surface area contributed by atoms with Gasteiger partial charge in [-0.1, -0.05) is 35.3 Å². The molecule has 5 nitrogen and oxygen atoms in total.